The highest BCUT2D eigenvalue weighted by molar-refractivity contribution is 8.00. The van der Waals surface area contributed by atoms with E-state index in [1.54, 1.807) is 29.4 Å². The molecule has 1 aliphatic rings. The monoisotopic (exact) mass is 311 g/mol. The quantitative estimate of drug-likeness (QED) is 0.860. The molecule has 3 rings (SSSR count). The Bertz CT molecular complexity index is 590. The molecular formula is C12H17N5OS2. The lowest BCUT2D eigenvalue weighted by molar-refractivity contribution is -0.0117. The number of ether oxygens (including phenoxy) is 1. The number of nitrogens with one attached hydrogen (secondary N) is 1. The second-order valence-corrected chi connectivity index (χ2v) is 6.75. The molecule has 1 unspecified atom stereocenters. The van der Waals surface area contributed by atoms with Gasteiger partial charge < -0.3 is 15.0 Å². The summed E-state index contributed by atoms with van der Waals surface area (Å²) < 4.78 is 7.77. The Morgan fingerprint density at radius 1 is 1.55 bits per heavy atom. The normalized spacial score (nSPS) is 20.4. The minimum Gasteiger partial charge on any atom is -0.374 e. The van der Waals surface area contributed by atoms with Crippen LogP contribution in [0.3, 0.4) is 0 Å². The molecule has 6 nitrogen and oxygen atoms in total. The molecule has 0 amide bonds. The van der Waals surface area contributed by atoms with Crippen molar-refractivity contribution in [2.75, 3.05) is 44.9 Å². The second kappa shape index (κ2) is 6.21. The van der Waals surface area contributed by atoms with Crippen LogP contribution in [0.25, 0.3) is 10.3 Å². The molecular weight excluding hydrogens is 294 g/mol. The van der Waals surface area contributed by atoms with Gasteiger partial charge in [-0.15, -0.1) is 11.3 Å². The highest BCUT2D eigenvalue weighted by atomic mass is 32.2. The molecule has 2 aromatic rings. The number of likely N-dealkylation sites (N-methyl/N-ethyl adjacent to an activating group) is 1. The Morgan fingerprint density at radius 2 is 2.45 bits per heavy atom. The zero-order chi connectivity index (χ0) is 13.9. The van der Waals surface area contributed by atoms with Crippen molar-refractivity contribution in [2.24, 2.45) is 0 Å². The number of hydrogen-bond donors (Lipinski definition) is 1. The van der Waals surface area contributed by atoms with Gasteiger partial charge in [0.2, 0.25) is 0 Å². The third-order valence-electron chi connectivity index (χ3n) is 3.19. The summed E-state index contributed by atoms with van der Waals surface area (Å²) in [5.74, 6) is 0.852. The van der Waals surface area contributed by atoms with E-state index in [1.165, 1.54) is 0 Å². The van der Waals surface area contributed by atoms with E-state index < -0.39 is 0 Å². The van der Waals surface area contributed by atoms with Crippen molar-refractivity contribution in [3.05, 3.63) is 6.33 Å². The molecule has 0 aliphatic carbocycles. The van der Waals surface area contributed by atoms with Crippen LogP contribution >= 0.6 is 23.1 Å². The van der Waals surface area contributed by atoms with E-state index in [4.69, 9.17) is 4.74 Å². The first-order valence-electron chi connectivity index (χ1n) is 6.46. The zero-order valence-electron chi connectivity index (χ0n) is 11.5. The van der Waals surface area contributed by atoms with E-state index in [2.05, 4.69) is 32.2 Å². The predicted molar refractivity (Wildman–Crippen MR) is 82.7 cm³/mol. The minimum absolute atomic E-state index is 0.201. The topological polar surface area (TPSA) is 63.2 Å². The van der Waals surface area contributed by atoms with Crippen molar-refractivity contribution >= 4 is 39.3 Å². The smallest absolute Gasteiger partial charge is 0.176 e. The molecule has 3 heterocycles. The molecule has 8 heteroatoms. The molecule has 0 spiro atoms. The fourth-order valence-corrected chi connectivity index (χ4v) is 3.63. The number of fused-ring (bicyclic) bond motifs is 1. The summed E-state index contributed by atoms with van der Waals surface area (Å²) in [6.45, 7) is 3.49. The van der Waals surface area contributed by atoms with Crippen molar-refractivity contribution in [3.63, 3.8) is 0 Å². The molecule has 0 aromatic carbocycles. The van der Waals surface area contributed by atoms with Crippen molar-refractivity contribution in [1.29, 1.82) is 0 Å². The number of thiazole rings is 1. The summed E-state index contributed by atoms with van der Waals surface area (Å²) >= 11 is 3.25. The number of anilines is 1. The Morgan fingerprint density at radius 3 is 3.25 bits per heavy atom. The van der Waals surface area contributed by atoms with Crippen LogP contribution in [-0.2, 0) is 4.74 Å². The molecule has 20 heavy (non-hydrogen) atoms. The lowest BCUT2D eigenvalue weighted by atomic mass is 10.3. The largest absolute Gasteiger partial charge is 0.374 e. The van der Waals surface area contributed by atoms with Crippen LogP contribution in [-0.4, -0.2) is 65.5 Å². The second-order valence-electron chi connectivity index (χ2n) is 4.69. The average Bonchev–Trinajstić information content (AvgIpc) is 2.89. The maximum absolute atomic E-state index is 5.74. The van der Waals surface area contributed by atoms with Gasteiger partial charge in [0, 0.05) is 19.6 Å². The fourth-order valence-electron chi connectivity index (χ4n) is 2.15. The lowest BCUT2D eigenvalue weighted by Gasteiger charge is -2.30. The molecule has 2 aromatic heterocycles. The fraction of sp³-hybridized carbons (Fsp3) is 0.583. The Hall–Kier alpha value is -0.960. The van der Waals surface area contributed by atoms with Crippen molar-refractivity contribution in [3.8, 4) is 0 Å². The maximum atomic E-state index is 5.74. The molecule has 108 valence electrons. The SMILES string of the molecule is CSc1nc2ncnc(NCC3CN(C)CCO3)c2s1. The zero-order valence-corrected chi connectivity index (χ0v) is 13.1. The standard InChI is InChI=1S/C12H17N5OS2/c1-17-3-4-18-8(6-17)5-13-10-9-11(15-7-14-10)16-12(19-2)20-9/h7-8H,3-6H2,1-2H3,(H,13,14,15). The minimum atomic E-state index is 0.201. The molecule has 1 atom stereocenters. The van der Waals surface area contributed by atoms with Gasteiger partial charge in [0.25, 0.3) is 0 Å². The van der Waals surface area contributed by atoms with Crippen LogP contribution in [0.15, 0.2) is 10.7 Å². The van der Waals surface area contributed by atoms with Gasteiger partial charge in [-0.3, -0.25) is 0 Å². The summed E-state index contributed by atoms with van der Waals surface area (Å²) in [6, 6.07) is 0. The highest BCUT2D eigenvalue weighted by Gasteiger charge is 2.18. The first-order valence-corrected chi connectivity index (χ1v) is 8.50. The van der Waals surface area contributed by atoms with Gasteiger partial charge in [-0.1, -0.05) is 11.8 Å². The lowest BCUT2D eigenvalue weighted by Crippen LogP contribution is -2.43. The average molecular weight is 311 g/mol. The maximum Gasteiger partial charge on any atom is 0.176 e. The molecule has 0 radical (unpaired) electrons. The number of rotatable bonds is 4. The van der Waals surface area contributed by atoms with E-state index >= 15 is 0 Å². The third-order valence-corrected chi connectivity index (χ3v) is 5.22. The highest BCUT2D eigenvalue weighted by Crippen LogP contribution is 2.30. The molecule has 1 saturated heterocycles. The van der Waals surface area contributed by atoms with Crippen LogP contribution in [0, 0.1) is 0 Å². The molecule has 0 saturated carbocycles. The van der Waals surface area contributed by atoms with Crippen LogP contribution in [0.1, 0.15) is 0 Å². The van der Waals surface area contributed by atoms with E-state index in [0.717, 1.165) is 46.7 Å². The third kappa shape index (κ3) is 3.03. The van der Waals surface area contributed by atoms with Crippen molar-refractivity contribution in [1.82, 2.24) is 19.9 Å². The van der Waals surface area contributed by atoms with Gasteiger partial charge in [-0.05, 0) is 13.3 Å². The first kappa shape index (κ1) is 14.0. The number of thioether (sulfide) groups is 1. The van der Waals surface area contributed by atoms with Gasteiger partial charge in [-0.25, -0.2) is 15.0 Å². The van der Waals surface area contributed by atoms with E-state index in [1.807, 2.05) is 6.26 Å². The van der Waals surface area contributed by atoms with Crippen molar-refractivity contribution in [2.45, 2.75) is 10.4 Å². The van der Waals surface area contributed by atoms with Crippen molar-refractivity contribution < 1.29 is 4.74 Å². The van der Waals surface area contributed by atoms with Gasteiger partial charge in [0.15, 0.2) is 9.99 Å². The molecule has 1 N–H and O–H groups in total. The molecule has 0 bridgehead atoms. The van der Waals surface area contributed by atoms with Gasteiger partial charge >= 0.3 is 0 Å². The summed E-state index contributed by atoms with van der Waals surface area (Å²) in [7, 11) is 2.12. The van der Waals surface area contributed by atoms with E-state index in [9.17, 15) is 0 Å². The first-order chi connectivity index (χ1) is 9.76. The molecule has 1 aliphatic heterocycles. The summed E-state index contributed by atoms with van der Waals surface area (Å²) in [5.41, 5.74) is 0.763. The van der Waals surface area contributed by atoms with Gasteiger partial charge in [-0.2, -0.15) is 0 Å². The Labute approximate surface area is 126 Å². The Balaban J connectivity index is 1.72. The number of hydrogen-bond acceptors (Lipinski definition) is 8. The Kier molecular flexibility index (Phi) is 4.35. The van der Waals surface area contributed by atoms with Gasteiger partial charge in [0.05, 0.1) is 12.7 Å². The van der Waals surface area contributed by atoms with E-state index in [-0.39, 0.29) is 6.10 Å². The molecule has 1 fully saturated rings. The van der Waals surface area contributed by atoms with E-state index in [0.29, 0.717) is 0 Å². The summed E-state index contributed by atoms with van der Waals surface area (Å²) in [5, 5.41) is 3.37. The van der Waals surface area contributed by atoms with Gasteiger partial charge in [0.1, 0.15) is 16.8 Å². The predicted octanol–water partition coefficient (Wildman–Crippen LogP) is 1.55. The number of aromatic nitrogens is 3. The van der Waals surface area contributed by atoms with Crippen LogP contribution in [0.5, 0.6) is 0 Å². The number of morpholine rings is 1. The van der Waals surface area contributed by atoms with Crippen LogP contribution < -0.4 is 5.32 Å². The van der Waals surface area contributed by atoms with Crippen LogP contribution in [0.4, 0.5) is 5.82 Å². The number of nitrogens with zero attached hydrogens (tertiary/aromatic N) is 4. The summed E-state index contributed by atoms with van der Waals surface area (Å²) in [6.07, 6.45) is 3.78. The van der Waals surface area contributed by atoms with Crippen LogP contribution in [0.2, 0.25) is 0 Å². The summed E-state index contributed by atoms with van der Waals surface area (Å²) in [4.78, 5) is 15.3.